The van der Waals surface area contributed by atoms with Gasteiger partial charge in [-0.25, -0.2) is 14.4 Å². The Labute approximate surface area is 212 Å². The topological polar surface area (TPSA) is 137 Å². The summed E-state index contributed by atoms with van der Waals surface area (Å²) >= 11 is 0. The largest absolute Gasteiger partial charge is 0.497 e. The summed E-state index contributed by atoms with van der Waals surface area (Å²) in [4.78, 5) is 51.0. The van der Waals surface area contributed by atoms with E-state index < -0.39 is 36.0 Å². The van der Waals surface area contributed by atoms with Crippen LogP contribution in [0, 0.1) is 6.92 Å². The molecule has 10 heteroatoms. The summed E-state index contributed by atoms with van der Waals surface area (Å²) in [5, 5.41) is 12.4. The van der Waals surface area contributed by atoms with Gasteiger partial charge in [0.15, 0.2) is 0 Å². The lowest BCUT2D eigenvalue weighted by atomic mass is 10.1. The van der Waals surface area contributed by atoms with E-state index in [1.165, 1.54) is 50.6 Å². The minimum Gasteiger partial charge on any atom is -0.497 e. The summed E-state index contributed by atoms with van der Waals surface area (Å²) in [6.07, 6.45) is -4.20. The summed E-state index contributed by atoms with van der Waals surface area (Å²) in [7, 11) is 2.80. The number of aryl methyl sites for hydroxylation is 1. The monoisotopic (exact) mass is 507 g/mol. The van der Waals surface area contributed by atoms with Crippen LogP contribution in [0.2, 0.25) is 0 Å². The highest BCUT2D eigenvalue weighted by Gasteiger charge is 2.41. The maximum absolute atomic E-state index is 13.2. The van der Waals surface area contributed by atoms with Crippen LogP contribution in [0.4, 0.5) is 5.69 Å². The Bertz CT molecular complexity index is 1290. The fourth-order valence-electron chi connectivity index (χ4n) is 3.21. The van der Waals surface area contributed by atoms with Crippen molar-refractivity contribution in [2.75, 3.05) is 19.5 Å². The molecule has 3 rings (SSSR count). The molecule has 0 fully saturated rings. The molecule has 0 spiro atoms. The lowest BCUT2D eigenvalue weighted by Gasteiger charge is -2.23. The number of carbonyl (C=O) groups is 4. The van der Waals surface area contributed by atoms with Crippen LogP contribution < -0.4 is 14.8 Å². The summed E-state index contributed by atoms with van der Waals surface area (Å²) in [5.74, 6) is -4.11. The van der Waals surface area contributed by atoms with Crippen LogP contribution in [-0.2, 0) is 19.1 Å². The first-order chi connectivity index (χ1) is 17.7. The van der Waals surface area contributed by atoms with Crippen molar-refractivity contribution in [3.05, 3.63) is 89.5 Å². The van der Waals surface area contributed by atoms with Gasteiger partial charge in [-0.15, -0.1) is 0 Å². The molecule has 0 saturated carbocycles. The Morgan fingerprint density at radius 3 is 1.68 bits per heavy atom. The van der Waals surface area contributed by atoms with Gasteiger partial charge in [0.1, 0.15) is 11.5 Å². The van der Waals surface area contributed by atoms with Gasteiger partial charge in [-0.3, -0.25) is 4.79 Å². The number of benzene rings is 3. The third-order valence-electron chi connectivity index (χ3n) is 5.17. The van der Waals surface area contributed by atoms with E-state index >= 15 is 0 Å². The highest BCUT2D eigenvalue weighted by molar-refractivity contribution is 6.01. The Kier molecular flexibility index (Phi) is 8.82. The summed E-state index contributed by atoms with van der Waals surface area (Å²) in [6, 6.07) is 18.3. The second-order valence-corrected chi connectivity index (χ2v) is 7.81. The molecule has 192 valence electrons. The SMILES string of the molecule is COc1cccc(C(=O)O[C@H](C(=O)O)[C@@H](OC(=O)c2cccc(OC)c2)C(=O)Nc2ccc(C)cc2)c1. The van der Waals surface area contributed by atoms with Gasteiger partial charge >= 0.3 is 17.9 Å². The van der Waals surface area contributed by atoms with Crippen molar-refractivity contribution >= 4 is 29.5 Å². The third-order valence-corrected chi connectivity index (χ3v) is 5.17. The van der Waals surface area contributed by atoms with E-state index in [1.54, 1.807) is 36.4 Å². The summed E-state index contributed by atoms with van der Waals surface area (Å²) in [5.41, 5.74) is 1.22. The molecule has 0 radical (unpaired) electrons. The maximum Gasteiger partial charge on any atom is 0.349 e. The van der Waals surface area contributed by atoms with Crippen molar-refractivity contribution < 1.29 is 43.2 Å². The van der Waals surface area contributed by atoms with E-state index in [4.69, 9.17) is 18.9 Å². The summed E-state index contributed by atoms with van der Waals surface area (Å²) < 4.78 is 20.6. The number of esters is 2. The quantitative estimate of drug-likeness (QED) is 0.395. The number of carboxylic acid groups (broad SMARTS) is 1. The number of ether oxygens (including phenoxy) is 4. The van der Waals surface area contributed by atoms with Crippen molar-refractivity contribution in [3.63, 3.8) is 0 Å². The van der Waals surface area contributed by atoms with Gasteiger partial charge in [0.25, 0.3) is 5.91 Å². The molecular weight excluding hydrogens is 482 g/mol. The Morgan fingerprint density at radius 2 is 1.22 bits per heavy atom. The van der Waals surface area contributed by atoms with E-state index in [2.05, 4.69) is 5.32 Å². The summed E-state index contributed by atoms with van der Waals surface area (Å²) in [6.45, 7) is 1.85. The van der Waals surface area contributed by atoms with Crippen LogP contribution in [0.25, 0.3) is 0 Å². The van der Waals surface area contributed by atoms with Gasteiger partial charge in [0.05, 0.1) is 25.3 Å². The molecule has 3 aromatic rings. The number of anilines is 1. The number of aliphatic carboxylic acids is 1. The maximum atomic E-state index is 13.2. The van der Waals surface area contributed by atoms with Crippen LogP contribution in [0.5, 0.6) is 11.5 Å². The zero-order valence-corrected chi connectivity index (χ0v) is 20.3. The fourth-order valence-corrected chi connectivity index (χ4v) is 3.21. The molecule has 0 saturated heterocycles. The first kappa shape index (κ1) is 26.7. The molecule has 2 atom stereocenters. The molecule has 1 amide bonds. The molecule has 0 aliphatic rings. The van der Waals surface area contributed by atoms with Crippen molar-refractivity contribution in [2.24, 2.45) is 0 Å². The van der Waals surface area contributed by atoms with E-state index in [0.29, 0.717) is 17.2 Å². The molecule has 0 aromatic heterocycles. The second-order valence-electron chi connectivity index (χ2n) is 7.81. The standard InChI is InChI=1S/C27H25NO9/c1-16-10-12-19(13-11-16)28-24(29)22(36-26(32)17-6-4-8-20(14-17)34-2)23(25(30)31)37-27(33)18-7-5-9-21(15-18)35-3/h4-15,22-23H,1-3H3,(H,28,29)(H,30,31)/t22-,23+/m1/s1. The predicted molar refractivity (Wildman–Crippen MR) is 132 cm³/mol. The first-order valence-electron chi connectivity index (χ1n) is 11.0. The third kappa shape index (κ3) is 7.07. The highest BCUT2D eigenvalue weighted by Crippen LogP contribution is 2.20. The van der Waals surface area contributed by atoms with Crippen LogP contribution >= 0.6 is 0 Å². The smallest absolute Gasteiger partial charge is 0.349 e. The van der Waals surface area contributed by atoms with Gasteiger partial charge in [0, 0.05) is 5.69 Å². The molecule has 37 heavy (non-hydrogen) atoms. The number of amides is 1. The molecule has 10 nitrogen and oxygen atoms in total. The van der Waals surface area contributed by atoms with E-state index in [9.17, 15) is 24.3 Å². The van der Waals surface area contributed by atoms with Gasteiger partial charge in [-0.05, 0) is 55.5 Å². The van der Waals surface area contributed by atoms with Gasteiger partial charge in [-0.2, -0.15) is 0 Å². The average molecular weight is 507 g/mol. The zero-order chi connectivity index (χ0) is 26.9. The Morgan fingerprint density at radius 1 is 0.730 bits per heavy atom. The van der Waals surface area contributed by atoms with Gasteiger partial charge in [0.2, 0.25) is 12.2 Å². The average Bonchev–Trinajstić information content (AvgIpc) is 2.91. The molecule has 0 aliphatic carbocycles. The minimum absolute atomic E-state index is 0.00394. The molecule has 3 aromatic carbocycles. The van der Waals surface area contributed by atoms with Crippen molar-refractivity contribution in [3.8, 4) is 11.5 Å². The van der Waals surface area contributed by atoms with Crippen LogP contribution in [0.15, 0.2) is 72.8 Å². The molecular formula is C27H25NO9. The molecule has 2 N–H and O–H groups in total. The Hall–Kier alpha value is -4.86. The van der Waals surface area contributed by atoms with Crippen molar-refractivity contribution in [2.45, 2.75) is 19.1 Å². The fraction of sp³-hybridized carbons (Fsp3) is 0.185. The number of nitrogens with one attached hydrogen (secondary N) is 1. The minimum atomic E-state index is -2.17. The highest BCUT2D eigenvalue weighted by atomic mass is 16.6. The molecule has 0 aliphatic heterocycles. The number of carboxylic acids is 1. The van der Waals surface area contributed by atoms with Crippen LogP contribution in [0.1, 0.15) is 26.3 Å². The Balaban J connectivity index is 1.92. The van der Waals surface area contributed by atoms with Gasteiger partial charge < -0.3 is 29.4 Å². The van der Waals surface area contributed by atoms with Gasteiger partial charge in [-0.1, -0.05) is 29.8 Å². The molecule has 0 heterocycles. The number of hydrogen-bond acceptors (Lipinski definition) is 8. The molecule has 0 unspecified atom stereocenters. The number of carbonyl (C=O) groups excluding carboxylic acids is 3. The van der Waals surface area contributed by atoms with E-state index in [1.807, 2.05) is 6.92 Å². The van der Waals surface area contributed by atoms with Crippen LogP contribution in [-0.4, -0.2) is 55.3 Å². The van der Waals surface area contributed by atoms with E-state index in [0.717, 1.165) is 5.56 Å². The zero-order valence-electron chi connectivity index (χ0n) is 20.3. The van der Waals surface area contributed by atoms with Crippen LogP contribution in [0.3, 0.4) is 0 Å². The lowest BCUT2D eigenvalue weighted by Crippen LogP contribution is -2.48. The number of methoxy groups -OCH3 is 2. The lowest BCUT2D eigenvalue weighted by molar-refractivity contribution is -0.157. The van der Waals surface area contributed by atoms with Crippen molar-refractivity contribution in [1.29, 1.82) is 0 Å². The normalized spacial score (nSPS) is 12.0. The second kappa shape index (κ2) is 12.2. The van der Waals surface area contributed by atoms with E-state index in [-0.39, 0.29) is 11.1 Å². The predicted octanol–water partition coefficient (Wildman–Crippen LogP) is 3.49. The van der Waals surface area contributed by atoms with Crippen molar-refractivity contribution in [1.82, 2.24) is 0 Å². The molecule has 0 bridgehead atoms. The number of rotatable bonds is 10. The number of hydrogen-bond donors (Lipinski definition) is 2. The first-order valence-corrected chi connectivity index (χ1v) is 11.0.